The summed E-state index contributed by atoms with van der Waals surface area (Å²) in [5.74, 6) is -0.0771. The molecule has 3 aromatic rings. The molecule has 1 unspecified atom stereocenters. The molecule has 0 radical (unpaired) electrons. The quantitative estimate of drug-likeness (QED) is 0.778. The number of hydrogen-bond donors (Lipinski definition) is 1. The molecule has 0 fully saturated rings. The lowest BCUT2D eigenvalue weighted by Crippen LogP contribution is -2.39. The Hall–Kier alpha value is -2.92. The number of aliphatic imine (C=N–C) groups is 1. The van der Waals surface area contributed by atoms with E-state index in [1.54, 1.807) is 23.3 Å². The maximum absolute atomic E-state index is 13.0. The predicted molar refractivity (Wildman–Crippen MR) is 104 cm³/mol. The van der Waals surface area contributed by atoms with Gasteiger partial charge in [0.15, 0.2) is 6.17 Å². The molecule has 25 heavy (non-hydrogen) atoms. The van der Waals surface area contributed by atoms with E-state index in [1.807, 2.05) is 72.1 Å². The minimum atomic E-state index is -0.661. The van der Waals surface area contributed by atoms with Gasteiger partial charge in [-0.25, -0.2) is 4.99 Å². The first kappa shape index (κ1) is 15.6. The SMILES string of the molecule is CN1C(=O)C(Nc2cccs2)N=C(c2ccccc2)c2ccccc21. The molecule has 0 aliphatic carbocycles. The number of benzene rings is 2. The summed E-state index contributed by atoms with van der Waals surface area (Å²) in [7, 11) is 1.80. The molecule has 1 aliphatic rings. The largest absolute Gasteiger partial charge is 0.348 e. The maximum atomic E-state index is 13.0. The Morgan fingerprint density at radius 2 is 1.76 bits per heavy atom. The highest BCUT2D eigenvalue weighted by Crippen LogP contribution is 2.28. The van der Waals surface area contributed by atoms with Gasteiger partial charge < -0.3 is 10.2 Å². The highest BCUT2D eigenvalue weighted by atomic mass is 32.1. The summed E-state index contributed by atoms with van der Waals surface area (Å²) in [4.78, 5) is 19.5. The molecule has 124 valence electrons. The molecule has 4 rings (SSSR count). The van der Waals surface area contributed by atoms with E-state index in [0.717, 1.165) is 27.5 Å². The number of nitrogens with one attached hydrogen (secondary N) is 1. The van der Waals surface area contributed by atoms with Gasteiger partial charge in [0.1, 0.15) is 0 Å². The van der Waals surface area contributed by atoms with Crippen molar-refractivity contribution in [3.05, 3.63) is 83.2 Å². The number of carbonyl (C=O) groups is 1. The Bertz CT molecular complexity index is 919. The van der Waals surface area contributed by atoms with Gasteiger partial charge in [-0.05, 0) is 23.6 Å². The van der Waals surface area contributed by atoms with Crippen LogP contribution in [0.25, 0.3) is 0 Å². The summed E-state index contributed by atoms with van der Waals surface area (Å²) in [6, 6.07) is 21.8. The smallest absolute Gasteiger partial charge is 0.271 e. The van der Waals surface area contributed by atoms with Crippen molar-refractivity contribution in [1.82, 2.24) is 0 Å². The van der Waals surface area contributed by atoms with Crippen molar-refractivity contribution in [2.45, 2.75) is 6.17 Å². The third-order valence-corrected chi connectivity index (χ3v) is 4.99. The van der Waals surface area contributed by atoms with Crippen molar-refractivity contribution < 1.29 is 4.79 Å². The van der Waals surface area contributed by atoms with Gasteiger partial charge in [0, 0.05) is 18.2 Å². The molecule has 1 N–H and O–H groups in total. The number of likely N-dealkylation sites (N-methyl/N-ethyl adjacent to an activating group) is 1. The molecule has 0 bridgehead atoms. The number of anilines is 2. The number of hydrogen-bond acceptors (Lipinski definition) is 4. The monoisotopic (exact) mass is 347 g/mol. The van der Waals surface area contributed by atoms with Gasteiger partial charge in [-0.2, -0.15) is 0 Å². The fourth-order valence-electron chi connectivity index (χ4n) is 2.94. The molecule has 0 saturated carbocycles. The molecule has 5 heteroatoms. The fourth-order valence-corrected chi connectivity index (χ4v) is 3.58. The first-order valence-electron chi connectivity index (χ1n) is 8.04. The van der Waals surface area contributed by atoms with E-state index in [2.05, 4.69) is 5.32 Å². The van der Waals surface area contributed by atoms with Gasteiger partial charge in [-0.1, -0.05) is 48.5 Å². The number of thiophene rings is 1. The van der Waals surface area contributed by atoms with Crippen LogP contribution in [0.5, 0.6) is 0 Å². The number of carbonyl (C=O) groups excluding carboxylic acids is 1. The van der Waals surface area contributed by atoms with E-state index in [0.29, 0.717) is 0 Å². The Kier molecular flexibility index (Phi) is 4.07. The first-order valence-corrected chi connectivity index (χ1v) is 8.92. The molecule has 4 nitrogen and oxygen atoms in total. The first-order chi connectivity index (χ1) is 12.2. The van der Waals surface area contributed by atoms with Crippen molar-refractivity contribution in [2.75, 3.05) is 17.3 Å². The fraction of sp³-hybridized carbons (Fsp3) is 0.100. The zero-order chi connectivity index (χ0) is 17.2. The minimum Gasteiger partial charge on any atom is -0.348 e. The van der Waals surface area contributed by atoms with E-state index in [4.69, 9.17) is 4.99 Å². The second kappa shape index (κ2) is 6.53. The van der Waals surface area contributed by atoms with Crippen molar-refractivity contribution in [1.29, 1.82) is 0 Å². The van der Waals surface area contributed by atoms with Crippen LogP contribution >= 0.6 is 11.3 Å². The van der Waals surface area contributed by atoms with Crippen LogP contribution in [-0.4, -0.2) is 24.8 Å². The van der Waals surface area contributed by atoms with Crippen LogP contribution in [-0.2, 0) is 4.79 Å². The number of rotatable bonds is 3. The van der Waals surface area contributed by atoms with Gasteiger partial charge in [0.05, 0.1) is 16.4 Å². The third kappa shape index (κ3) is 2.94. The van der Waals surface area contributed by atoms with Crippen molar-refractivity contribution in [3.8, 4) is 0 Å². The van der Waals surface area contributed by atoms with Crippen LogP contribution < -0.4 is 10.2 Å². The molecular weight excluding hydrogens is 330 g/mol. The number of fused-ring (bicyclic) bond motifs is 1. The van der Waals surface area contributed by atoms with Crippen LogP contribution in [0.2, 0.25) is 0 Å². The second-order valence-electron chi connectivity index (χ2n) is 5.78. The van der Waals surface area contributed by atoms with Crippen LogP contribution in [0.4, 0.5) is 10.7 Å². The average Bonchev–Trinajstić information content (AvgIpc) is 3.14. The van der Waals surface area contributed by atoms with E-state index in [1.165, 1.54) is 0 Å². The van der Waals surface area contributed by atoms with Gasteiger partial charge >= 0.3 is 0 Å². The van der Waals surface area contributed by atoms with Crippen molar-refractivity contribution in [3.63, 3.8) is 0 Å². The number of benzodiazepines with no additional fused rings is 1. The van der Waals surface area contributed by atoms with Gasteiger partial charge in [0.2, 0.25) is 0 Å². The number of nitrogens with zero attached hydrogens (tertiary/aromatic N) is 2. The molecule has 2 heterocycles. The molecule has 1 aliphatic heterocycles. The van der Waals surface area contributed by atoms with Crippen LogP contribution in [0, 0.1) is 0 Å². The molecule has 1 aromatic heterocycles. The summed E-state index contributed by atoms with van der Waals surface area (Å²) < 4.78 is 0. The summed E-state index contributed by atoms with van der Waals surface area (Å²) in [5.41, 5.74) is 3.64. The normalized spacial score (nSPS) is 16.8. The Morgan fingerprint density at radius 3 is 2.52 bits per heavy atom. The lowest BCUT2D eigenvalue weighted by molar-refractivity contribution is -0.118. The highest BCUT2D eigenvalue weighted by Gasteiger charge is 2.29. The molecule has 0 spiro atoms. The minimum absolute atomic E-state index is 0.0771. The molecule has 1 amide bonds. The summed E-state index contributed by atoms with van der Waals surface area (Å²) >= 11 is 1.56. The van der Waals surface area contributed by atoms with E-state index in [-0.39, 0.29) is 5.91 Å². The predicted octanol–water partition coefficient (Wildman–Crippen LogP) is 4.00. The summed E-state index contributed by atoms with van der Waals surface area (Å²) in [5, 5.41) is 6.16. The zero-order valence-electron chi connectivity index (χ0n) is 13.7. The van der Waals surface area contributed by atoms with E-state index >= 15 is 0 Å². The topological polar surface area (TPSA) is 44.7 Å². The maximum Gasteiger partial charge on any atom is 0.271 e. The zero-order valence-corrected chi connectivity index (χ0v) is 14.5. The van der Waals surface area contributed by atoms with Crippen molar-refractivity contribution >= 4 is 33.6 Å². The van der Waals surface area contributed by atoms with Crippen LogP contribution in [0.1, 0.15) is 11.1 Å². The Morgan fingerprint density at radius 1 is 1.00 bits per heavy atom. The van der Waals surface area contributed by atoms with Gasteiger partial charge in [-0.3, -0.25) is 4.79 Å². The Labute approximate surface area is 150 Å². The van der Waals surface area contributed by atoms with Crippen LogP contribution in [0.15, 0.2) is 77.1 Å². The molecule has 1 atom stereocenters. The van der Waals surface area contributed by atoms with E-state index in [9.17, 15) is 4.79 Å². The third-order valence-electron chi connectivity index (χ3n) is 4.19. The standard InChI is InChI=1S/C20H17N3OS/c1-23-16-11-6-5-10-15(16)18(14-8-3-2-4-9-14)22-19(20(23)24)21-17-12-7-13-25-17/h2-13,19,21H,1H3. The summed E-state index contributed by atoms with van der Waals surface area (Å²) in [6.07, 6.45) is -0.661. The van der Waals surface area contributed by atoms with E-state index < -0.39 is 6.17 Å². The molecule has 2 aromatic carbocycles. The lowest BCUT2D eigenvalue weighted by atomic mass is 10.0. The lowest BCUT2D eigenvalue weighted by Gasteiger charge is -2.20. The number of amides is 1. The summed E-state index contributed by atoms with van der Waals surface area (Å²) in [6.45, 7) is 0. The average molecular weight is 347 g/mol. The second-order valence-corrected chi connectivity index (χ2v) is 6.73. The van der Waals surface area contributed by atoms with Gasteiger partial charge in [0.25, 0.3) is 5.91 Å². The highest BCUT2D eigenvalue weighted by molar-refractivity contribution is 7.14. The van der Waals surface area contributed by atoms with Crippen LogP contribution in [0.3, 0.4) is 0 Å². The number of para-hydroxylation sites is 1. The Balaban J connectivity index is 1.86. The van der Waals surface area contributed by atoms with Crippen molar-refractivity contribution in [2.24, 2.45) is 4.99 Å². The molecule has 0 saturated heterocycles. The molecular formula is C20H17N3OS. The van der Waals surface area contributed by atoms with Gasteiger partial charge in [-0.15, -0.1) is 11.3 Å².